The highest BCUT2D eigenvalue weighted by Gasteiger charge is 2.13. The number of hydrogen-bond acceptors (Lipinski definition) is 5. The summed E-state index contributed by atoms with van der Waals surface area (Å²) in [5.41, 5.74) is 0.686. The fourth-order valence-electron chi connectivity index (χ4n) is 0.981. The van der Waals surface area contributed by atoms with Crippen molar-refractivity contribution in [1.29, 1.82) is 0 Å². The number of carbonyl (C=O) groups is 2. The van der Waals surface area contributed by atoms with Gasteiger partial charge >= 0.3 is 11.9 Å². The maximum Gasteiger partial charge on any atom is 0.333 e. The van der Waals surface area contributed by atoms with E-state index in [-0.39, 0.29) is 25.4 Å². The van der Waals surface area contributed by atoms with Crippen molar-refractivity contribution in [2.75, 3.05) is 13.2 Å². The molecule has 0 aliphatic rings. The summed E-state index contributed by atoms with van der Waals surface area (Å²) in [6.45, 7) is 14.0. The molecule has 0 bridgehead atoms. The number of carbonyl (C=O) groups excluding carboxylic acids is 2. The maximum atomic E-state index is 11.2. The largest absolute Gasteiger partial charge is 0.460 e. The van der Waals surface area contributed by atoms with Gasteiger partial charge in [-0.2, -0.15) is 0 Å². The van der Waals surface area contributed by atoms with Gasteiger partial charge in [-0.3, -0.25) is 0 Å². The van der Waals surface area contributed by atoms with Crippen LogP contribution in [0.25, 0.3) is 0 Å². The summed E-state index contributed by atoms with van der Waals surface area (Å²) >= 11 is 0. The molecule has 0 aromatic rings. The van der Waals surface area contributed by atoms with E-state index in [1.54, 1.807) is 27.7 Å². The minimum absolute atomic E-state index is 0.132. The highest BCUT2D eigenvalue weighted by Crippen LogP contribution is 2.02. The van der Waals surface area contributed by atoms with Crippen molar-refractivity contribution in [1.82, 2.24) is 0 Å². The van der Waals surface area contributed by atoms with Gasteiger partial charge in [0.2, 0.25) is 0 Å². The molecular weight excluding hydrogens is 248 g/mol. The maximum absolute atomic E-state index is 11.2. The molecule has 0 amide bonds. The second-order valence-corrected chi connectivity index (χ2v) is 4.52. The Morgan fingerprint density at radius 2 is 1.47 bits per heavy atom. The van der Waals surface area contributed by atoms with Crippen LogP contribution in [0.3, 0.4) is 0 Å². The van der Waals surface area contributed by atoms with Crippen LogP contribution in [-0.4, -0.2) is 37.4 Å². The summed E-state index contributed by atoms with van der Waals surface area (Å²) in [5, 5.41) is 0. The van der Waals surface area contributed by atoms with E-state index in [2.05, 4.69) is 13.2 Å². The van der Waals surface area contributed by atoms with Crippen LogP contribution in [0.4, 0.5) is 0 Å². The summed E-state index contributed by atoms with van der Waals surface area (Å²) in [7, 11) is 0. The predicted octanol–water partition coefficient (Wildman–Crippen LogP) is 2.02. The Labute approximate surface area is 114 Å². The molecule has 5 heteroatoms. The molecule has 0 aliphatic carbocycles. The summed E-state index contributed by atoms with van der Waals surface area (Å²) in [6.07, 6.45) is -0.669. The molecule has 0 radical (unpaired) electrons. The fraction of sp³-hybridized carbons (Fsp3) is 0.571. The van der Waals surface area contributed by atoms with Crippen LogP contribution in [0, 0.1) is 0 Å². The van der Waals surface area contributed by atoms with Crippen LogP contribution in [-0.2, 0) is 23.8 Å². The third-order valence-corrected chi connectivity index (χ3v) is 2.07. The lowest BCUT2D eigenvalue weighted by atomic mass is 10.3. The molecule has 0 fully saturated rings. The third kappa shape index (κ3) is 8.15. The Hall–Kier alpha value is -1.62. The zero-order chi connectivity index (χ0) is 15.0. The smallest absolute Gasteiger partial charge is 0.333 e. The first-order valence-corrected chi connectivity index (χ1v) is 6.04. The Morgan fingerprint density at radius 1 is 0.947 bits per heavy atom. The van der Waals surface area contributed by atoms with Crippen molar-refractivity contribution in [2.45, 2.75) is 39.9 Å². The summed E-state index contributed by atoms with van der Waals surface area (Å²) in [6, 6.07) is 0. The minimum Gasteiger partial charge on any atom is -0.460 e. The van der Waals surface area contributed by atoms with Crippen LogP contribution >= 0.6 is 0 Å². The number of ether oxygens (including phenoxy) is 3. The molecule has 0 saturated carbocycles. The lowest BCUT2D eigenvalue weighted by Crippen LogP contribution is -2.26. The Morgan fingerprint density at radius 3 is 1.95 bits per heavy atom. The zero-order valence-corrected chi connectivity index (χ0v) is 12.0. The highest BCUT2D eigenvalue weighted by atomic mass is 16.6. The summed E-state index contributed by atoms with van der Waals surface area (Å²) in [4.78, 5) is 22.4. The molecule has 108 valence electrons. The Balaban J connectivity index is 3.87. The van der Waals surface area contributed by atoms with Gasteiger partial charge in [0, 0.05) is 11.1 Å². The standard InChI is InChI=1S/C14H22O5/c1-9(2)13(15)18-7-11(5)17-8-12(6)19-14(16)10(3)4/h11-12H,1,3,7-8H2,2,4-6H3/t11-,12-/m0/s1. The molecule has 0 rings (SSSR count). The van der Waals surface area contributed by atoms with Gasteiger partial charge in [0.1, 0.15) is 12.7 Å². The van der Waals surface area contributed by atoms with E-state index < -0.39 is 11.9 Å². The van der Waals surface area contributed by atoms with Crippen molar-refractivity contribution >= 4 is 11.9 Å². The van der Waals surface area contributed by atoms with Gasteiger partial charge in [-0.1, -0.05) is 13.2 Å². The lowest BCUT2D eigenvalue weighted by Gasteiger charge is -2.17. The van der Waals surface area contributed by atoms with Crippen LogP contribution in [0.2, 0.25) is 0 Å². The molecule has 5 nitrogen and oxygen atoms in total. The van der Waals surface area contributed by atoms with E-state index in [1.807, 2.05) is 0 Å². The van der Waals surface area contributed by atoms with Gasteiger partial charge in [-0.05, 0) is 27.7 Å². The first-order valence-electron chi connectivity index (χ1n) is 6.04. The Kier molecular flexibility index (Phi) is 7.75. The number of esters is 2. The van der Waals surface area contributed by atoms with Crippen LogP contribution in [0.15, 0.2) is 24.3 Å². The van der Waals surface area contributed by atoms with Crippen molar-refractivity contribution in [3.63, 3.8) is 0 Å². The molecule has 0 aromatic heterocycles. The molecule has 0 saturated heterocycles. The predicted molar refractivity (Wildman–Crippen MR) is 71.6 cm³/mol. The average molecular weight is 270 g/mol. The van der Waals surface area contributed by atoms with E-state index in [0.717, 1.165) is 0 Å². The third-order valence-electron chi connectivity index (χ3n) is 2.07. The van der Waals surface area contributed by atoms with Gasteiger partial charge in [-0.15, -0.1) is 0 Å². The molecule has 0 N–H and O–H groups in total. The van der Waals surface area contributed by atoms with Crippen molar-refractivity contribution in [3.05, 3.63) is 24.3 Å². The summed E-state index contributed by atoms with van der Waals surface area (Å²) in [5.74, 6) is -0.894. The highest BCUT2D eigenvalue weighted by molar-refractivity contribution is 5.87. The SMILES string of the molecule is C=C(C)C(=O)OC[C@H](C)OC[C@H](C)OC(=O)C(=C)C. The van der Waals surface area contributed by atoms with Crippen molar-refractivity contribution < 1.29 is 23.8 Å². The second kappa shape index (κ2) is 8.48. The Bertz CT molecular complexity index is 359. The molecule has 2 atom stereocenters. The van der Waals surface area contributed by atoms with Gasteiger partial charge in [0.05, 0.1) is 12.7 Å². The molecular formula is C14H22O5. The van der Waals surface area contributed by atoms with E-state index in [4.69, 9.17) is 14.2 Å². The van der Waals surface area contributed by atoms with Crippen LogP contribution in [0.1, 0.15) is 27.7 Å². The van der Waals surface area contributed by atoms with Gasteiger partial charge < -0.3 is 14.2 Å². The fourth-order valence-corrected chi connectivity index (χ4v) is 0.981. The minimum atomic E-state index is -0.447. The van der Waals surface area contributed by atoms with E-state index >= 15 is 0 Å². The van der Waals surface area contributed by atoms with Crippen LogP contribution < -0.4 is 0 Å². The lowest BCUT2D eigenvalue weighted by molar-refractivity contribution is -0.149. The molecule has 0 heterocycles. The van der Waals surface area contributed by atoms with Gasteiger partial charge in [-0.25, -0.2) is 9.59 Å². The van der Waals surface area contributed by atoms with E-state index in [0.29, 0.717) is 11.1 Å². The van der Waals surface area contributed by atoms with E-state index in [9.17, 15) is 9.59 Å². The molecule has 0 spiro atoms. The van der Waals surface area contributed by atoms with Gasteiger partial charge in [0.25, 0.3) is 0 Å². The molecule has 0 aromatic carbocycles. The second-order valence-electron chi connectivity index (χ2n) is 4.52. The number of rotatable bonds is 8. The molecule has 19 heavy (non-hydrogen) atoms. The first kappa shape index (κ1) is 17.4. The van der Waals surface area contributed by atoms with Crippen molar-refractivity contribution in [2.24, 2.45) is 0 Å². The summed E-state index contributed by atoms with van der Waals surface area (Å²) < 4.78 is 15.4. The zero-order valence-electron chi connectivity index (χ0n) is 12.0. The first-order chi connectivity index (χ1) is 8.73. The molecule has 0 aliphatic heterocycles. The normalized spacial score (nSPS) is 13.3. The average Bonchev–Trinajstić information content (AvgIpc) is 2.32. The molecule has 0 unspecified atom stereocenters. The van der Waals surface area contributed by atoms with Gasteiger partial charge in [0.15, 0.2) is 0 Å². The van der Waals surface area contributed by atoms with Crippen molar-refractivity contribution in [3.8, 4) is 0 Å². The topological polar surface area (TPSA) is 61.8 Å². The number of hydrogen-bond donors (Lipinski definition) is 0. The monoisotopic (exact) mass is 270 g/mol. The van der Waals surface area contributed by atoms with E-state index in [1.165, 1.54) is 0 Å². The van der Waals surface area contributed by atoms with Crippen LogP contribution in [0.5, 0.6) is 0 Å². The quantitative estimate of drug-likeness (QED) is 0.499.